The second kappa shape index (κ2) is 9.12. The minimum Gasteiger partial charge on any atom is -0.343 e. The largest absolute Gasteiger partial charge is 0.343 e. The van der Waals surface area contributed by atoms with E-state index in [9.17, 15) is 4.79 Å². The second-order valence-electron chi connectivity index (χ2n) is 6.91. The average Bonchev–Trinajstić information content (AvgIpc) is 3.31. The van der Waals surface area contributed by atoms with Crippen LogP contribution in [0.15, 0.2) is 58.5 Å². The SMILES string of the molecule is Cc1c(C(=O)NC(C)c2ccccn2)nn(-c2ccc(Cl)cc2Cl)c1-c1cc(Br)cs1. The topological polar surface area (TPSA) is 59.8 Å². The summed E-state index contributed by atoms with van der Waals surface area (Å²) in [5.74, 6) is -0.281. The Balaban J connectivity index is 1.79. The molecule has 31 heavy (non-hydrogen) atoms. The number of amides is 1. The van der Waals surface area contributed by atoms with Crippen molar-refractivity contribution >= 4 is 56.4 Å². The Morgan fingerprint density at radius 1 is 1.23 bits per heavy atom. The van der Waals surface area contributed by atoms with Crippen LogP contribution >= 0.6 is 50.5 Å². The Morgan fingerprint density at radius 3 is 2.68 bits per heavy atom. The van der Waals surface area contributed by atoms with Gasteiger partial charge in [0.05, 0.1) is 33.0 Å². The number of hydrogen-bond acceptors (Lipinski definition) is 4. The maximum absolute atomic E-state index is 13.1. The average molecular weight is 536 g/mol. The van der Waals surface area contributed by atoms with Gasteiger partial charge in [-0.1, -0.05) is 29.3 Å². The standard InChI is InChI=1S/C22H17BrCl2N4OS/c1-12-20(22(30)27-13(2)17-5-3-4-8-26-17)28-29(18-7-6-15(24)10-16(18)25)21(12)19-9-14(23)11-31-19/h3-11,13H,1-2H3,(H,27,30). The van der Waals surface area contributed by atoms with Crippen molar-refractivity contribution in [2.75, 3.05) is 0 Å². The molecule has 9 heteroatoms. The van der Waals surface area contributed by atoms with Crippen LogP contribution in [0.5, 0.6) is 0 Å². The molecule has 1 amide bonds. The molecular formula is C22H17BrCl2N4OS. The zero-order valence-corrected chi connectivity index (χ0v) is 20.5. The highest BCUT2D eigenvalue weighted by Crippen LogP contribution is 2.37. The van der Waals surface area contributed by atoms with E-state index in [1.54, 1.807) is 40.4 Å². The smallest absolute Gasteiger partial charge is 0.272 e. The van der Waals surface area contributed by atoms with Crippen LogP contribution in [0.25, 0.3) is 16.3 Å². The van der Waals surface area contributed by atoms with Crippen LogP contribution in [0.2, 0.25) is 10.0 Å². The van der Waals surface area contributed by atoms with Crippen molar-refractivity contribution in [2.45, 2.75) is 19.9 Å². The number of carbonyl (C=O) groups excluding carboxylic acids is 1. The Hall–Kier alpha value is -2.19. The summed E-state index contributed by atoms with van der Waals surface area (Å²) in [5, 5.41) is 10.6. The predicted molar refractivity (Wildman–Crippen MR) is 129 cm³/mol. The molecule has 1 aromatic carbocycles. The van der Waals surface area contributed by atoms with Crippen molar-refractivity contribution in [1.29, 1.82) is 0 Å². The fraction of sp³-hybridized carbons (Fsp3) is 0.136. The molecule has 0 fully saturated rings. The van der Waals surface area contributed by atoms with Gasteiger partial charge >= 0.3 is 0 Å². The number of benzene rings is 1. The van der Waals surface area contributed by atoms with Gasteiger partial charge in [0.2, 0.25) is 0 Å². The molecule has 4 rings (SSSR count). The van der Waals surface area contributed by atoms with E-state index in [4.69, 9.17) is 23.2 Å². The summed E-state index contributed by atoms with van der Waals surface area (Å²) in [4.78, 5) is 18.4. The normalized spacial score (nSPS) is 12.0. The number of rotatable bonds is 5. The van der Waals surface area contributed by atoms with Gasteiger partial charge in [0, 0.05) is 26.6 Å². The van der Waals surface area contributed by atoms with E-state index in [2.05, 4.69) is 31.3 Å². The van der Waals surface area contributed by atoms with Gasteiger partial charge in [-0.3, -0.25) is 9.78 Å². The van der Waals surface area contributed by atoms with Crippen LogP contribution in [0.4, 0.5) is 0 Å². The summed E-state index contributed by atoms with van der Waals surface area (Å²) < 4.78 is 2.66. The summed E-state index contributed by atoms with van der Waals surface area (Å²) in [6.07, 6.45) is 1.70. The monoisotopic (exact) mass is 534 g/mol. The van der Waals surface area contributed by atoms with Crippen molar-refractivity contribution in [3.8, 4) is 16.3 Å². The van der Waals surface area contributed by atoms with E-state index in [-0.39, 0.29) is 11.9 Å². The predicted octanol–water partition coefficient (Wildman–Crippen LogP) is 6.86. The maximum Gasteiger partial charge on any atom is 0.272 e. The summed E-state index contributed by atoms with van der Waals surface area (Å²) in [5.41, 5.74) is 3.30. The summed E-state index contributed by atoms with van der Waals surface area (Å²) in [6.45, 7) is 3.77. The zero-order chi connectivity index (χ0) is 22.1. The van der Waals surface area contributed by atoms with E-state index in [0.717, 1.165) is 26.3 Å². The summed E-state index contributed by atoms with van der Waals surface area (Å²) >= 11 is 17.6. The molecule has 3 heterocycles. The quantitative estimate of drug-likeness (QED) is 0.303. The van der Waals surface area contributed by atoms with Crippen molar-refractivity contribution in [3.05, 3.63) is 85.5 Å². The van der Waals surface area contributed by atoms with E-state index < -0.39 is 0 Å². The third-order valence-electron chi connectivity index (χ3n) is 4.76. The second-order valence-corrected chi connectivity index (χ2v) is 9.58. The minimum atomic E-state index is -0.281. The molecule has 0 radical (unpaired) electrons. The lowest BCUT2D eigenvalue weighted by molar-refractivity contribution is 0.0933. The Bertz CT molecular complexity index is 1260. The van der Waals surface area contributed by atoms with Crippen LogP contribution < -0.4 is 5.32 Å². The van der Waals surface area contributed by atoms with E-state index >= 15 is 0 Å². The fourth-order valence-corrected chi connectivity index (χ4v) is 5.24. The highest BCUT2D eigenvalue weighted by atomic mass is 79.9. The van der Waals surface area contributed by atoms with E-state index in [0.29, 0.717) is 21.4 Å². The van der Waals surface area contributed by atoms with Crippen LogP contribution in [0.1, 0.15) is 34.7 Å². The third-order valence-corrected chi connectivity index (χ3v) is 6.99. The first-order valence-electron chi connectivity index (χ1n) is 9.36. The molecule has 0 aliphatic rings. The van der Waals surface area contributed by atoms with E-state index in [1.807, 2.05) is 43.5 Å². The number of nitrogens with one attached hydrogen (secondary N) is 1. The number of nitrogens with zero attached hydrogens (tertiary/aromatic N) is 3. The molecule has 0 saturated heterocycles. The van der Waals surface area contributed by atoms with Crippen molar-refractivity contribution in [1.82, 2.24) is 20.1 Å². The van der Waals surface area contributed by atoms with Gasteiger partial charge in [0.1, 0.15) is 0 Å². The maximum atomic E-state index is 13.1. The first-order valence-corrected chi connectivity index (χ1v) is 11.8. The van der Waals surface area contributed by atoms with Crippen molar-refractivity contribution < 1.29 is 4.79 Å². The molecule has 0 aliphatic carbocycles. The molecule has 5 nitrogen and oxygen atoms in total. The highest BCUT2D eigenvalue weighted by molar-refractivity contribution is 9.10. The Kier molecular flexibility index (Phi) is 6.48. The lowest BCUT2D eigenvalue weighted by atomic mass is 10.1. The molecule has 4 aromatic rings. The first kappa shape index (κ1) is 22.0. The van der Waals surface area contributed by atoms with Gasteiger partial charge < -0.3 is 5.32 Å². The lowest BCUT2D eigenvalue weighted by Gasteiger charge is -2.12. The van der Waals surface area contributed by atoms with Gasteiger partial charge in [0.25, 0.3) is 5.91 Å². The Morgan fingerprint density at radius 2 is 2.03 bits per heavy atom. The lowest BCUT2D eigenvalue weighted by Crippen LogP contribution is -2.28. The van der Waals surface area contributed by atoms with Crippen LogP contribution in [-0.4, -0.2) is 20.7 Å². The van der Waals surface area contributed by atoms with E-state index in [1.165, 1.54) is 0 Å². The van der Waals surface area contributed by atoms with Crippen LogP contribution in [0.3, 0.4) is 0 Å². The summed E-state index contributed by atoms with van der Waals surface area (Å²) in [7, 11) is 0. The Labute approximate surface area is 202 Å². The first-order chi connectivity index (χ1) is 14.8. The molecule has 0 spiro atoms. The third kappa shape index (κ3) is 4.55. The zero-order valence-electron chi connectivity index (χ0n) is 16.6. The molecule has 0 bridgehead atoms. The molecule has 0 aliphatic heterocycles. The number of thiophene rings is 1. The number of halogens is 3. The van der Waals surface area contributed by atoms with Crippen LogP contribution in [0, 0.1) is 6.92 Å². The van der Waals surface area contributed by atoms with Gasteiger partial charge in [0.15, 0.2) is 5.69 Å². The molecule has 1 atom stereocenters. The molecular weight excluding hydrogens is 519 g/mol. The van der Waals surface area contributed by atoms with Crippen LogP contribution in [-0.2, 0) is 0 Å². The molecule has 1 N–H and O–H groups in total. The number of hydrogen-bond donors (Lipinski definition) is 1. The molecule has 0 saturated carbocycles. The van der Waals surface area contributed by atoms with Gasteiger partial charge in [-0.05, 0) is 66.2 Å². The van der Waals surface area contributed by atoms with Gasteiger partial charge in [-0.2, -0.15) is 5.10 Å². The highest BCUT2D eigenvalue weighted by Gasteiger charge is 2.25. The van der Waals surface area contributed by atoms with Crippen molar-refractivity contribution in [2.24, 2.45) is 0 Å². The fourth-order valence-electron chi connectivity index (χ4n) is 3.24. The van der Waals surface area contributed by atoms with Gasteiger partial charge in [-0.25, -0.2) is 4.68 Å². The van der Waals surface area contributed by atoms with Gasteiger partial charge in [-0.15, -0.1) is 11.3 Å². The number of carbonyl (C=O) groups is 1. The summed E-state index contributed by atoms with van der Waals surface area (Å²) in [6, 6.07) is 12.5. The minimum absolute atomic E-state index is 0.267. The number of pyridine rings is 1. The number of aromatic nitrogens is 3. The molecule has 3 aromatic heterocycles. The molecule has 1 unspecified atom stereocenters. The van der Waals surface area contributed by atoms with Crippen molar-refractivity contribution in [3.63, 3.8) is 0 Å². The molecule has 158 valence electrons.